The molecule has 50 valence electrons. The fraction of sp³-hybridized carbons (Fsp3) is 0.875. The van der Waals surface area contributed by atoms with Gasteiger partial charge in [0, 0.05) is 5.92 Å². The molecular weight excluding hydrogens is 110 g/mol. The second-order valence-electron chi connectivity index (χ2n) is 3.11. The van der Waals surface area contributed by atoms with Crippen molar-refractivity contribution in [2.75, 3.05) is 0 Å². The topological polar surface area (TPSA) is 23.8 Å². The lowest BCUT2D eigenvalue weighted by Gasteiger charge is -2.10. The molecule has 0 spiro atoms. The summed E-state index contributed by atoms with van der Waals surface area (Å²) >= 11 is 0. The molecule has 0 aliphatic heterocycles. The molecule has 0 saturated heterocycles. The molecule has 1 rings (SSSR count). The zero-order valence-corrected chi connectivity index (χ0v) is 6.09. The van der Waals surface area contributed by atoms with Crippen molar-refractivity contribution in [3.05, 3.63) is 0 Å². The third kappa shape index (κ3) is 1.45. The quantitative estimate of drug-likeness (QED) is 0.552. The van der Waals surface area contributed by atoms with Crippen LogP contribution in [0.15, 0.2) is 0 Å². The minimum atomic E-state index is 0.262. The van der Waals surface area contributed by atoms with Gasteiger partial charge in [0.05, 0.1) is 6.07 Å². The molecule has 9 heavy (non-hydrogen) atoms. The van der Waals surface area contributed by atoms with Crippen LogP contribution in [0.2, 0.25) is 0 Å². The van der Waals surface area contributed by atoms with Gasteiger partial charge in [-0.2, -0.15) is 5.26 Å². The van der Waals surface area contributed by atoms with Gasteiger partial charge < -0.3 is 0 Å². The van der Waals surface area contributed by atoms with E-state index in [1.54, 1.807) is 0 Å². The second kappa shape index (κ2) is 2.39. The first-order valence-electron chi connectivity index (χ1n) is 3.65. The van der Waals surface area contributed by atoms with E-state index in [1.165, 1.54) is 12.8 Å². The number of hydrogen-bond acceptors (Lipinski definition) is 1. The Hall–Kier alpha value is -0.510. The summed E-state index contributed by atoms with van der Waals surface area (Å²) in [6.07, 6.45) is 2.71. The van der Waals surface area contributed by atoms with Crippen LogP contribution in [0, 0.1) is 29.1 Å². The van der Waals surface area contributed by atoms with Gasteiger partial charge >= 0.3 is 0 Å². The summed E-state index contributed by atoms with van der Waals surface area (Å²) in [6.45, 7) is 4.20. The van der Waals surface area contributed by atoms with E-state index < -0.39 is 0 Å². The summed E-state index contributed by atoms with van der Waals surface area (Å²) in [5, 5.41) is 8.53. The van der Waals surface area contributed by atoms with Crippen molar-refractivity contribution >= 4 is 0 Å². The molecule has 0 aromatic carbocycles. The molecule has 1 nitrogen and oxygen atoms in total. The zero-order valence-electron chi connectivity index (χ0n) is 6.09. The molecule has 0 aromatic rings. The summed E-state index contributed by atoms with van der Waals surface area (Å²) in [4.78, 5) is 0. The average molecular weight is 123 g/mol. The minimum Gasteiger partial charge on any atom is -0.198 e. The molecule has 1 heteroatoms. The fourth-order valence-corrected chi connectivity index (χ4v) is 1.15. The lowest BCUT2D eigenvalue weighted by molar-refractivity contribution is 0.414. The molecule has 2 unspecified atom stereocenters. The van der Waals surface area contributed by atoms with Crippen LogP contribution in [0.25, 0.3) is 0 Å². The van der Waals surface area contributed by atoms with Gasteiger partial charge in [-0.05, 0) is 31.6 Å². The first-order chi connectivity index (χ1) is 4.25. The van der Waals surface area contributed by atoms with Crippen molar-refractivity contribution in [2.45, 2.75) is 26.7 Å². The van der Waals surface area contributed by atoms with Crippen molar-refractivity contribution in [2.24, 2.45) is 17.8 Å². The molecule has 1 saturated carbocycles. The summed E-state index contributed by atoms with van der Waals surface area (Å²) < 4.78 is 0. The van der Waals surface area contributed by atoms with Gasteiger partial charge in [-0.1, -0.05) is 6.92 Å². The van der Waals surface area contributed by atoms with Crippen LogP contribution in [-0.4, -0.2) is 0 Å². The Morgan fingerprint density at radius 2 is 2.00 bits per heavy atom. The van der Waals surface area contributed by atoms with Crippen LogP contribution in [0.3, 0.4) is 0 Å². The van der Waals surface area contributed by atoms with E-state index in [2.05, 4.69) is 13.0 Å². The minimum absolute atomic E-state index is 0.262. The lowest BCUT2D eigenvalue weighted by Crippen LogP contribution is -2.06. The van der Waals surface area contributed by atoms with Crippen molar-refractivity contribution in [1.82, 2.24) is 0 Å². The number of nitrogens with zero attached hydrogens (tertiary/aromatic N) is 1. The average Bonchev–Trinajstić information content (AvgIpc) is 2.66. The van der Waals surface area contributed by atoms with E-state index in [0.717, 1.165) is 5.92 Å². The molecule has 2 atom stereocenters. The molecule has 1 aliphatic rings. The Balaban J connectivity index is 2.32. The third-order valence-electron chi connectivity index (χ3n) is 2.36. The number of nitriles is 1. The molecule has 0 aromatic heterocycles. The maximum Gasteiger partial charge on any atom is 0.0655 e. The van der Waals surface area contributed by atoms with Gasteiger partial charge in [-0.3, -0.25) is 0 Å². The molecule has 1 fully saturated rings. The first-order valence-corrected chi connectivity index (χ1v) is 3.65. The van der Waals surface area contributed by atoms with E-state index >= 15 is 0 Å². The fourth-order valence-electron chi connectivity index (χ4n) is 1.15. The SMILES string of the molecule is CC(C#N)C(C)C1CC1. The standard InChI is InChI=1S/C8H13N/c1-6(5-9)7(2)8-3-4-8/h6-8H,3-4H2,1-2H3. The van der Waals surface area contributed by atoms with Crippen LogP contribution in [0.4, 0.5) is 0 Å². The molecule has 0 heterocycles. The Bertz CT molecular complexity index is 130. The molecule has 0 bridgehead atoms. The summed E-state index contributed by atoms with van der Waals surface area (Å²) in [6, 6.07) is 2.29. The van der Waals surface area contributed by atoms with E-state index in [4.69, 9.17) is 5.26 Å². The van der Waals surface area contributed by atoms with Crippen LogP contribution < -0.4 is 0 Å². The lowest BCUT2D eigenvalue weighted by atomic mass is 9.93. The molecule has 0 radical (unpaired) electrons. The Kier molecular flexibility index (Phi) is 1.75. The van der Waals surface area contributed by atoms with E-state index in [1.807, 2.05) is 6.92 Å². The third-order valence-corrected chi connectivity index (χ3v) is 2.36. The first kappa shape index (κ1) is 6.61. The van der Waals surface area contributed by atoms with Gasteiger partial charge in [0.2, 0.25) is 0 Å². The van der Waals surface area contributed by atoms with Gasteiger partial charge in [0.15, 0.2) is 0 Å². The molecule has 0 N–H and O–H groups in total. The van der Waals surface area contributed by atoms with Crippen molar-refractivity contribution in [1.29, 1.82) is 5.26 Å². The summed E-state index contributed by atoms with van der Waals surface area (Å²) in [7, 11) is 0. The second-order valence-corrected chi connectivity index (χ2v) is 3.11. The van der Waals surface area contributed by atoms with E-state index in [9.17, 15) is 0 Å². The van der Waals surface area contributed by atoms with Crippen LogP contribution in [0.1, 0.15) is 26.7 Å². The highest BCUT2D eigenvalue weighted by Crippen LogP contribution is 2.39. The highest BCUT2D eigenvalue weighted by Gasteiger charge is 2.30. The normalized spacial score (nSPS) is 24.6. The van der Waals surface area contributed by atoms with Gasteiger partial charge in [-0.15, -0.1) is 0 Å². The molecular formula is C8H13N. The Morgan fingerprint density at radius 1 is 1.44 bits per heavy atom. The van der Waals surface area contributed by atoms with Crippen molar-refractivity contribution in [3.63, 3.8) is 0 Å². The van der Waals surface area contributed by atoms with Crippen molar-refractivity contribution in [3.8, 4) is 6.07 Å². The van der Waals surface area contributed by atoms with Crippen LogP contribution in [-0.2, 0) is 0 Å². The smallest absolute Gasteiger partial charge is 0.0655 e. The maximum absolute atomic E-state index is 8.53. The van der Waals surface area contributed by atoms with Crippen LogP contribution in [0.5, 0.6) is 0 Å². The predicted molar refractivity (Wildman–Crippen MR) is 36.7 cm³/mol. The highest BCUT2D eigenvalue weighted by atomic mass is 14.4. The molecule has 1 aliphatic carbocycles. The summed E-state index contributed by atoms with van der Waals surface area (Å²) in [5.41, 5.74) is 0. The van der Waals surface area contributed by atoms with Gasteiger partial charge in [0.1, 0.15) is 0 Å². The number of hydrogen-bond donors (Lipinski definition) is 0. The monoisotopic (exact) mass is 123 g/mol. The van der Waals surface area contributed by atoms with Crippen LogP contribution >= 0.6 is 0 Å². The number of rotatable bonds is 2. The Morgan fingerprint density at radius 3 is 2.33 bits per heavy atom. The van der Waals surface area contributed by atoms with Gasteiger partial charge in [-0.25, -0.2) is 0 Å². The summed E-state index contributed by atoms with van der Waals surface area (Å²) in [5.74, 6) is 1.77. The zero-order chi connectivity index (χ0) is 6.85. The molecule has 0 amide bonds. The predicted octanol–water partition coefficient (Wildman–Crippen LogP) is 2.19. The van der Waals surface area contributed by atoms with E-state index in [-0.39, 0.29) is 5.92 Å². The Labute approximate surface area is 56.7 Å². The van der Waals surface area contributed by atoms with Gasteiger partial charge in [0.25, 0.3) is 0 Å². The maximum atomic E-state index is 8.53. The van der Waals surface area contributed by atoms with E-state index in [0.29, 0.717) is 5.92 Å². The largest absolute Gasteiger partial charge is 0.198 e. The highest BCUT2D eigenvalue weighted by molar-refractivity contribution is 4.90. The van der Waals surface area contributed by atoms with Crippen molar-refractivity contribution < 1.29 is 0 Å².